The first-order valence-electron chi connectivity index (χ1n) is 4.36. The number of nitrogens with two attached hydrogens (primary N) is 1. The summed E-state index contributed by atoms with van der Waals surface area (Å²) in [4.78, 5) is 0. The van der Waals surface area contributed by atoms with E-state index >= 15 is 0 Å². The summed E-state index contributed by atoms with van der Waals surface area (Å²) < 4.78 is 0. The quantitative estimate of drug-likeness (QED) is 0.844. The second-order valence-electron chi connectivity index (χ2n) is 3.12. The van der Waals surface area contributed by atoms with Gasteiger partial charge in [-0.15, -0.1) is 11.3 Å². The molecule has 0 amide bonds. The van der Waals surface area contributed by atoms with Crippen LogP contribution >= 0.6 is 34.5 Å². The third kappa shape index (κ3) is 1.88. The molecule has 0 atom stereocenters. The van der Waals surface area contributed by atoms with Crippen LogP contribution in [-0.4, -0.2) is 0 Å². The van der Waals surface area contributed by atoms with Gasteiger partial charge >= 0.3 is 0 Å². The number of nitriles is 1. The third-order valence-corrected chi connectivity index (χ3v) is 3.53. The van der Waals surface area contributed by atoms with Crippen LogP contribution in [0.1, 0.15) is 5.56 Å². The van der Waals surface area contributed by atoms with E-state index in [2.05, 4.69) is 6.07 Å². The maximum absolute atomic E-state index is 9.01. The number of nitrogens with zero attached hydrogens (tertiary/aromatic N) is 1. The van der Waals surface area contributed by atoms with E-state index in [0.717, 1.165) is 11.1 Å². The summed E-state index contributed by atoms with van der Waals surface area (Å²) in [6.45, 7) is 0. The van der Waals surface area contributed by atoms with Gasteiger partial charge in [0, 0.05) is 26.6 Å². The fourth-order valence-corrected chi connectivity index (χ4v) is 2.54. The van der Waals surface area contributed by atoms with Crippen molar-refractivity contribution in [2.24, 2.45) is 0 Å². The first-order chi connectivity index (χ1) is 7.63. The van der Waals surface area contributed by atoms with Gasteiger partial charge in [0.15, 0.2) is 0 Å². The molecule has 0 saturated carbocycles. The molecule has 2 nitrogen and oxygen atoms in total. The van der Waals surface area contributed by atoms with Crippen molar-refractivity contribution in [1.29, 1.82) is 5.26 Å². The summed E-state index contributed by atoms with van der Waals surface area (Å²) in [5.41, 5.74) is 7.62. The summed E-state index contributed by atoms with van der Waals surface area (Å²) in [5.74, 6) is 0. The first-order valence-corrected chi connectivity index (χ1v) is 5.99. The van der Waals surface area contributed by atoms with Crippen molar-refractivity contribution in [2.75, 3.05) is 5.73 Å². The van der Waals surface area contributed by atoms with Crippen molar-refractivity contribution in [3.8, 4) is 17.2 Å². The van der Waals surface area contributed by atoms with E-state index in [-0.39, 0.29) is 0 Å². The van der Waals surface area contributed by atoms with Crippen LogP contribution in [-0.2, 0) is 0 Å². The molecule has 1 heterocycles. The van der Waals surface area contributed by atoms with Crippen molar-refractivity contribution in [3.05, 3.63) is 39.2 Å². The summed E-state index contributed by atoms with van der Waals surface area (Å²) in [7, 11) is 0. The van der Waals surface area contributed by atoms with E-state index in [1.165, 1.54) is 11.3 Å². The molecule has 0 fully saturated rings. The smallest absolute Gasteiger partial charge is 0.104 e. The fraction of sp³-hybridized carbons (Fsp3) is 0. The predicted molar refractivity (Wildman–Crippen MR) is 68.9 cm³/mol. The molecule has 16 heavy (non-hydrogen) atoms. The zero-order valence-electron chi connectivity index (χ0n) is 8.00. The van der Waals surface area contributed by atoms with Crippen molar-refractivity contribution >= 4 is 39.5 Å². The number of benzene rings is 1. The summed E-state index contributed by atoms with van der Waals surface area (Å²) in [6.07, 6.45) is 0. The number of rotatable bonds is 1. The Labute approximate surface area is 107 Å². The molecule has 1 aromatic carbocycles. The maximum atomic E-state index is 9.01. The topological polar surface area (TPSA) is 49.8 Å². The zero-order chi connectivity index (χ0) is 11.7. The van der Waals surface area contributed by atoms with E-state index < -0.39 is 0 Å². The molecule has 0 spiro atoms. The van der Waals surface area contributed by atoms with Gasteiger partial charge in [-0.05, 0) is 18.2 Å². The van der Waals surface area contributed by atoms with Gasteiger partial charge in [0.1, 0.15) is 11.1 Å². The molecule has 0 radical (unpaired) electrons. The second kappa shape index (κ2) is 4.34. The van der Waals surface area contributed by atoms with Crippen LogP contribution < -0.4 is 5.73 Å². The molecular formula is C11H6Cl2N2S. The highest BCUT2D eigenvalue weighted by Gasteiger charge is 2.13. The van der Waals surface area contributed by atoms with Crippen LogP contribution in [0.4, 0.5) is 5.00 Å². The van der Waals surface area contributed by atoms with Crippen LogP contribution in [0.2, 0.25) is 10.0 Å². The van der Waals surface area contributed by atoms with E-state index in [4.69, 9.17) is 34.2 Å². The van der Waals surface area contributed by atoms with Gasteiger partial charge < -0.3 is 5.73 Å². The van der Waals surface area contributed by atoms with Crippen LogP contribution in [0.15, 0.2) is 23.6 Å². The van der Waals surface area contributed by atoms with Gasteiger partial charge in [-0.1, -0.05) is 23.2 Å². The molecule has 2 rings (SSSR count). The molecule has 0 saturated heterocycles. The Morgan fingerprint density at radius 2 is 2.00 bits per heavy atom. The molecule has 0 aliphatic heterocycles. The largest absolute Gasteiger partial charge is 0.389 e. The van der Waals surface area contributed by atoms with Crippen LogP contribution in [0.3, 0.4) is 0 Å². The summed E-state index contributed by atoms with van der Waals surface area (Å²) in [5, 5.41) is 12.4. The van der Waals surface area contributed by atoms with Gasteiger partial charge in [-0.3, -0.25) is 0 Å². The summed E-state index contributed by atoms with van der Waals surface area (Å²) in [6, 6.07) is 7.21. The SMILES string of the molecule is N#Cc1c(-c2cc(Cl)ccc2Cl)csc1N. The highest BCUT2D eigenvalue weighted by atomic mass is 35.5. The number of halogens is 2. The Hall–Kier alpha value is -1.21. The van der Waals surface area contributed by atoms with Crippen LogP contribution in [0.5, 0.6) is 0 Å². The number of hydrogen-bond acceptors (Lipinski definition) is 3. The van der Waals surface area contributed by atoms with Gasteiger partial charge in [0.05, 0.1) is 5.56 Å². The van der Waals surface area contributed by atoms with E-state index in [1.807, 2.05) is 5.38 Å². The maximum Gasteiger partial charge on any atom is 0.104 e. The minimum Gasteiger partial charge on any atom is -0.389 e. The van der Waals surface area contributed by atoms with E-state index in [0.29, 0.717) is 20.6 Å². The van der Waals surface area contributed by atoms with Crippen molar-refractivity contribution < 1.29 is 0 Å². The minimum atomic E-state index is 0.453. The molecule has 80 valence electrons. The molecule has 5 heteroatoms. The van der Waals surface area contributed by atoms with Crippen LogP contribution in [0.25, 0.3) is 11.1 Å². The molecular weight excluding hydrogens is 263 g/mol. The average molecular weight is 269 g/mol. The monoisotopic (exact) mass is 268 g/mol. The Kier molecular flexibility index (Phi) is 3.06. The number of hydrogen-bond donors (Lipinski definition) is 1. The molecule has 1 aromatic heterocycles. The second-order valence-corrected chi connectivity index (χ2v) is 4.88. The molecule has 0 unspecified atom stereocenters. The lowest BCUT2D eigenvalue weighted by Crippen LogP contribution is -1.86. The number of nitrogen functional groups attached to an aromatic ring is 1. The Morgan fingerprint density at radius 1 is 1.25 bits per heavy atom. The molecule has 0 bridgehead atoms. The lowest BCUT2D eigenvalue weighted by atomic mass is 10.1. The Balaban J connectivity index is 2.68. The normalized spacial score (nSPS) is 10.1. The lowest BCUT2D eigenvalue weighted by Gasteiger charge is -2.03. The van der Waals surface area contributed by atoms with Crippen molar-refractivity contribution in [2.45, 2.75) is 0 Å². The highest BCUT2D eigenvalue weighted by molar-refractivity contribution is 7.14. The zero-order valence-corrected chi connectivity index (χ0v) is 10.3. The van der Waals surface area contributed by atoms with E-state index in [9.17, 15) is 0 Å². The highest BCUT2D eigenvalue weighted by Crippen LogP contribution is 2.37. The molecule has 0 aliphatic carbocycles. The molecule has 0 aliphatic rings. The van der Waals surface area contributed by atoms with Gasteiger partial charge in [-0.2, -0.15) is 5.26 Å². The Morgan fingerprint density at radius 3 is 2.69 bits per heavy atom. The third-order valence-electron chi connectivity index (χ3n) is 2.15. The van der Waals surface area contributed by atoms with Crippen molar-refractivity contribution in [3.63, 3.8) is 0 Å². The minimum absolute atomic E-state index is 0.453. The van der Waals surface area contributed by atoms with Gasteiger partial charge in [0.25, 0.3) is 0 Å². The predicted octanol–water partition coefficient (Wildman–Crippen LogP) is 4.18. The van der Waals surface area contributed by atoms with Gasteiger partial charge in [0.2, 0.25) is 0 Å². The Bertz CT molecular complexity index is 584. The standard InChI is InChI=1S/C11H6Cl2N2S/c12-6-1-2-10(13)7(3-6)9-5-16-11(15)8(9)4-14/h1-3,5H,15H2. The molecule has 2 aromatic rings. The molecule has 2 N–H and O–H groups in total. The van der Waals surface area contributed by atoms with Gasteiger partial charge in [-0.25, -0.2) is 0 Å². The van der Waals surface area contributed by atoms with E-state index in [1.54, 1.807) is 18.2 Å². The number of anilines is 1. The van der Waals surface area contributed by atoms with Crippen molar-refractivity contribution in [1.82, 2.24) is 0 Å². The fourth-order valence-electron chi connectivity index (χ4n) is 1.39. The first kappa shape index (κ1) is 11.3. The van der Waals surface area contributed by atoms with Crippen LogP contribution in [0, 0.1) is 11.3 Å². The lowest BCUT2D eigenvalue weighted by molar-refractivity contribution is 1.50. The average Bonchev–Trinajstić information content (AvgIpc) is 2.63. The number of thiophene rings is 1. The summed E-state index contributed by atoms with van der Waals surface area (Å²) >= 11 is 13.3.